The lowest BCUT2D eigenvalue weighted by Gasteiger charge is -1.82. The molecule has 0 rings (SSSR count). The summed E-state index contributed by atoms with van der Waals surface area (Å²) in [6, 6.07) is 0. The Bertz CT molecular complexity index is 211. The third-order valence-corrected chi connectivity index (χ3v) is 0.892. The smallest absolute Gasteiger partial charge is 0.0277 e. The van der Waals surface area contributed by atoms with E-state index in [1.807, 2.05) is 6.08 Å². The van der Waals surface area contributed by atoms with Crippen LogP contribution >= 0.6 is 0 Å². The fourth-order valence-electron chi connectivity index (χ4n) is 0.460. The van der Waals surface area contributed by atoms with Crippen molar-refractivity contribution >= 4 is 6.21 Å². The molecule has 0 fully saturated rings. The van der Waals surface area contributed by atoms with Crippen molar-refractivity contribution in [2.24, 2.45) is 4.99 Å². The van der Waals surface area contributed by atoms with Crippen LogP contribution in [0.2, 0.25) is 0 Å². The molecular formula is C9H11N. The predicted octanol–water partition coefficient (Wildman–Crippen LogP) is 1.82. The fourth-order valence-corrected chi connectivity index (χ4v) is 0.460. The molecule has 0 N–H and O–H groups in total. The lowest BCUT2D eigenvalue weighted by Crippen LogP contribution is -1.72. The van der Waals surface area contributed by atoms with Crippen LogP contribution in [0.5, 0.6) is 0 Å². The molecule has 10 heavy (non-hydrogen) atoms. The van der Waals surface area contributed by atoms with Gasteiger partial charge in [0, 0.05) is 18.8 Å². The standard InChI is InChI=1S/C9H11N/c1-4-6-9(5-2)7-8-10-3/h5,7-8H,2H2,1,3H3/b9-7+,10-8?. The molecule has 0 radical (unpaired) electrons. The molecule has 0 heterocycles. The second-order valence-electron chi connectivity index (χ2n) is 1.61. The second kappa shape index (κ2) is 5.84. The minimum Gasteiger partial charge on any atom is -0.296 e. The van der Waals surface area contributed by atoms with Crippen LogP contribution in [0.15, 0.2) is 29.3 Å². The Hall–Kier alpha value is -1.29. The molecular weight excluding hydrogens is 122 g/mol. The van der Waals surface area contributed by atoms with Gasteiger partial charge in [0.2, 0.25) is 0 Å². The molecule has 0 amide bonds. The largest absolute Gasteiger partial charge is 0.296 e. The van der Waals surface area contributed by atoms with E-state index >= 15 is 0 Å². The summed E-state index contributed by atoms with van der Waals surface area (Å²) in [6.45, 7) is 5.39. The van der Waals surface area contributed by atoms with E-state index in [0.29, 0.717) is 0 Å². The van der Waals surface area contributed by atoms with E-state index in [4.69, 9.17) is 0 Å². The molecule has 0 aliphatic heterocycles. The number of hydrogen-bond donors (Lipinski definition) is 0. The monoisotopic (exact) mass is 133 g/mol. The molecule has 0 spiro atoms. The van der Waals surface area contributed by atoms with Gasteiger partial charge in [-0.25, -0.2) is 0 Å². The van der Waals surface area contributed by atoms with Gasteiger partial charge in [0.25, 0.3) is 0 Å². The van der Waals surface area contributed by atoms with Gasteiger partial charge in [-0.1, -0.05) is 18.6 Å². The number of rotatable bonds is 2. The molecule has 0 bridgehead atoms. The third kappa shape index (κ3) is 3.68. The van der Waals surface area contributed by atoms with Gasteiger partial charge < -0.3 is 0 Å². The molecule has 0 saturated carbocycles. The molecule has 0 aromatic heterocycles. The molecule has 0 atom stereocenters. The Morgan fingerprint density at radius 2 is 2.30 bits per heavy atom. The second-order valence-corrected chi connectivity index (χ2v) is 1.61. The van der Waals surface area contributed by atoms with E-state index in [2.05, 4.69) is 23.4 Å². The third-order valence-electron chi connectivity index (χ3n) is 0.892. The number of aliphatic imine (C=N–C) groups is 1. The van der Waals surface area contributed by atoms with Crippen LogP contribution in [-0.4, -0.2) is 13.3 Å². The highest BCUT2D eigenvalue weighted by Gasteiger charge is 1.77. The average molecular weight is 133 g/mol. The van der Waals surface area contributed by atoms with Crippen LogP contribution in [0, 0.1) is 11.8 Å². The van der Waals surface area contributed by atoms with Crippen molar-refractivity contribution in [1.82, 2.24) is 0 Å². The molecule has 0 saturated heterocycles. The first-order chi connectivity index (χ1) is 4.85. The van der Waals surface area contributed by atoms with Crippen molar-refractivity contribution in [3.8, 4) is 11.8 Å². The average Bonchev–Trinajstić information content (AvgIpc) is 1.98. The van der Waals surface area contributed by atoms with Crippen LogP contribution in [0.25, 0.3) is 0 Å². The quantitative estimate of drug-likeness (QED) is 0.309. The highest BCUT2D eigenvalue weighted by molar-refractivity contribution is 5.74. The van der Waals surface area contributed by atoms with Crippen molar-refractivity contribution in [2.75, 3.05) is 7.05 Å². The lowest BCUT2D eigenvalue weighted by atomic mass is 10.2. The summed E-state index contributed by atoms with van der Waals surface area (Å²) in [7, 11) is 1.72. The lowest BCUT2D eigenvalue weighted by molar-refractivity contribution is 1.47. The Morgan fingerprint density at radius 1 is 1.60 bits per heavy atom. The maximum atomic E-state index is 3.79. The van der Waals surface area contributed by atoms with Crippen LogP contribution in [0.1, 0.15) is 6.92 Å². The van der Waals surface area contributed by atoms with Crippen molar-refractivity contribution in [3.05, 3.63) is 24.3 Å². The minimum atomic E-state index is 0.896. The highest BCUT2D eigenvalue weighted by Crippen LogP contribution is 1.89. The van der Waals surface area contributed by atoms with Gasteiger partial charge in [-0.2, -0.15) is 0 Å². The summed E-state index contributed by atoms with van der Waals surface area (Å²) in [5.74, 6) is 5.65. The van der Waals surface area contributed by atoms with Crippen LogP contribution in [0.3, 0.4) is 0 Å². The molecule has 1 heteroatoms. The van der Waals surface area contributed by atoms with Crippen molar-refractivity contribution in [3.63, 3.8) is 0 Å². The first-order valence-corrected chi connectivity index (χ1v) is 3.02. The maximum absolute atomic E-state index is 3.79. The van der Waals surface area contributed by atoms with Gasteiger partial charge in [0.1, 0.15) is 0 Å². The van der Waals surface area contributed by atoms with Crippen LogP contribution < -0.4 is 0 Å². The van der Waals surface area contributed by atoms with E-state index in [-0.39, 0.29) is 0 Å². The maximum Gasteiger partial charge on any atom is 0.0277 e. The summed E-state index contributed by atoms with van der Waals surface area (Å²) in [5, 5.41) is 0. The van der Waals surface area contributed by atoms with E-state index in [1.54, 1.807) is 26.3 Å². The Kier molecular flexibility index (Phi) is 5.09. The van der Waals surface area contributed by atoms with Gasteiger partial charge in [0.15, 0.2) is 0 Å². The van der Waals surface area contributed by atoms with Gasteiger partial charge in [-0.15, -0.1) is 5.92 Å². The Balaban J connectivity index is 4.28. The van der Waals surface area contributed by atoms with Gasteiger partial charge in [-0.3, -0.25) is 4.99 Å². The zero-order chi connectivity index (χ0) is 7.82. The first-order valence-electron chi connectivity index (χ1n) is 3.02. The normalized spacial score (nSPS) is 10.8. The molecule has 52 valence electrons. The van der Waals surface area contributed by atoms with Crippen LogP contribution in [-0.2, 0) is 0 Å². The SMILES string of the molecule is C=C/C(C#CC)=C\C=NC. The van der Waals surface area contributed by atoms with Crippen LogP contribution in [0.4, 0.5) is 0 Å². The Morgan fingerprint density at radius 3 is 2.70 bits per heavy atom. The van der Waals surface area contributed by atoms with Crippen molar-refractivity contribution in [1.29, 1.82) is 0 Å². The summed E-state index contributed by atoms with van der Waals surface area (Å²) >= 11 is 0. The van der Waals surface area contributed by atoms with E-state index in [1.165, 1.54) is 0 Å². The van der Waals surface area contributed by atoms with Gasteiger partial charge in [0.05, 0.1) is 0 Å². The highest BCUT2D eigenvalue weighted by atomic mass is 14.6. The summed E-state index contributed by atoms with van der Waals surface area (Å²) in [6.07, 6.45) is 5.23. The molecule has 0 aromatic carbocycles. The van der Waals surface area contributed by atoms with E-state index < -0.39 is 0 Å². The molecule has 0 aliphatic carbocycles. The Labute approximate surface area is 62.2 Å². The van der Waals surface area contributed by atoms with Gasteiger partial charge in [-0.05, 0) is 13.0 Å². The zero-order valence-electron chi connectivity index (χ0n) is 6.39. The summed E-state index contributed by atoms with van der Waals surface area (Å²) in [4.78, 5) is 3.79. The summed E-state index contributed by atoms with van der Waals surface area (Å²) in [5.41, 5.74) is 0.896. The molecule has 1 nitrogen and oxygen atoms in total. The number of allylic oxidation sites excluding steroid dienone is 3. The summed E-state index contributed by atoms with van der Waals surface area (Å²) < 4.78 is 0. The van der Waals surface area contributed by atoms with Crippen molar-refractivity contribution < 1.29 is 0 Å². The van der Waals surface area contributed by atoms with Crippen molar-refractivity contribution in [2.45, 2.75) is 6.92 Å². The zero-order valence-corrected chi connectivity index (χ0v) is 6.39. The first kappa shape index (κ1) is 8.71. The number of hydrogen-bond acceptors (Lipinski definition) is 1. The topological polar surface area (TPSA) is 12.4 Å². The number of nitrogens with zero attached hydrogens (tertiary/aromatic N) is 1. The fraction of sp³-hybridized carbons (Fsp3) is 0.222. The molecule has 0 aromatic rings. The van der Waals surface area contributed by atoms with Gasteiger partial charge >= 0.3 is 0 Å². The van der Waals surface area contributed by atoms with E-state index in [0.717, 1.165) is 5.57 Å². The predicted molar refractivity (Wildman–Crippen MR) is 46.1 cm³/mol. The molecule has 0 unspecified atom stereocenters. The minimum absolute atomic E-state index is 0.896. The van der Waals surface area contributed by atoms with E-state index in [9.17, 15) is 0 Å². The molecule has 0 aliphatic rings.